The molecule has 0 saturated heterocycles. The molecule has 0 aromatic heterocycles. The van der Waals surface area contributed by atoms with Gasteiger partial charge in [0.05, 0.1) is 0 Å². The molecular weight excluding hydrogens is 735 g/mol. The first-order valence-corrected chi connectivity index (χ1v) is 24.5. The number of rotatable bonds is 4. The molecule has 220 valence electrons. The van der Waals surface area contributed by atoms with Crippen molar-refractivity contribution < 1.29 is 30.3 Å². The average Bonchev–Trinajstić information content (AvgIpc) is 2.93. The van der Waals surface area contributed by atoms with Crippen molar-refractivity contribution in [2.45, 2.75) is 134 Å². The second-order valence-corrected chi connectivity index (χ2v) is 18.9. The van der Waals surface area contributed by atoms with E-state index in [1.807, 2.05) is 0 Å². The van der Waals surface area contributed by atoms with Crippen LogP contribution in [0.25, 0.3) is 0 Å². The first-order valence-electron chi connectivity index (χ1n) is 14.0. The van der Waals surface area contributed by atoms with E-state index in [4.69, 9.17) is 38.8 Å². The van der Waals surface area contributed by atoms with Crippen molar-refractivity contribution >= 4 is 46.7 Å². The molecule has 0 amide bonds. The second kappa shape index (κ2) is 27.7. The quantitative estimate of drug-likeness (QED) is 0.197. The van der Waals surface area contributed by atoms with Crippen LogP contribution in [0.2, 0.25) is 0 Å². The zero-order chi connectivity index (χ0) is 27.9. The Bertz CT molecular complexity index is 416. The zero-order valence-electron chi connectivity index (χ0n) is 23.3. The summed E-state index contributed by atoms with van der Waals surface area (Å²) in [5, 5.41) is 0. The molecule has 4 aliphatic carbocycles. The van der Waals surface area contributed by atoms with E-state index >= 15 is 0 Å². The summed E-state index contributed by atoms with van der Waals surface area (Å²) in [5.74, 6) is 3.41. The monoisotopic (exact) mass is 786 g/mol. The minimum atomic E-state index is -0.346. The van der Waals surface area contributed by atoms with Gasteiger partial charge in [-0.3, -0.25) is 0 Å². The van der Waals surface area contributed by atoms with Crippen LogP contribution in [-0.4, -0.2) is 17.0 Å². The molecule has 0 atom stereocenters. The van der Waals surface area contributed by atoms with Crippen LogP contribution in [0, 0.1) is 57.3 Å². The Morgan fingerprint density at radius 1 is 0.622 bits per heavy atom. The fourth-order valence-electron chi connectivity index (χ4n) is 5.98. The van der Waals surface area contributed by atoms with Crippen LogP contribution in [-0.2, 0) is 30.3 Å². The molecule has 0 aromatic rings. The van der Waals surface area contributed by atoms with Crippen molar-refractivity contribution in [2.75, 3.05) is 0 Å². The fourth-order valence-corrected chi connectivity index (χ4v) is 10.7. The van der Waals surface area contributed by atoms with E-state index in [0.717, 1.165) is 0 Å². The molecule has 0 heterocycles. The van der Waals surface area contributed by atoms with Crippen LogP contribution in [0.15, 0.2) is 0 Å². The molecular formula is C30H51Cl4PRu2. The normalized spacial score (nSPS) is 22.7. The molecule has 0 N–H and O–H groups in total. The van der Waals surface area contributed by atoms with Crippen LogP contribution in [0.4, 0.5) is 0 Å². The van der Waals surface area contributed by atoms with E-state index in [2.05, 4.69) is 60.3 Å². The van der Waals surface area contributed by atoms with Crippen LogP contribution in [0.5, 0.6) is 0 Å². The Kier molecular flexibility index (Phi) is 29.8. The summed E-state index contributed by atoms with van der Waals surface area (Å²) in [4.78, 5) is 0. The van der Waals surface area contributed by atoms with Gasteiger partial charge in [0.15, 0.2) is 0 Å². The summed E-state index contributed by atoms with van der Waals surface area (Å²) in [6.07, 6.45) is 32.3. The predicted molar refractivity (Wildman–Crippen MR) is 166 cm³/mol. The Morgan fingerprint density at radius 2 is 0.892 bits per heavy atom. The van der Waals surface area contributed by atoms with Crippen LogP contribution >= 0.6 is 46.7 Å². The van der Waals surface area contributed by atoms with E-state index in [-0.39, 0.29) is 30.3 Å². The summed E-state index contributed by atoms with van der Waals surface area (Å²) in [7, 11) is 19.8. The second-order valence-electron chi connectivity index (χ2n) is 10.5. The average molecular weight is 787 g/mol. The molecule has 37 heavy (non-hydrogen) atoms. The third-order valence-electron chi connectivity index (χ3n) is 7.73. The molecule has 0 nitrogen and oxygen atoms in total. The Labute approximate surface area is 266 Å². The minimum absolute atomic E-state index is 0.346. The van der Waals surface area contributed by atoms with Crippen molar-refractivity contribution in [3.63, 3.8) is 0 Å². The van der Waals surface area contributed by atoms with Crippen LogP contribution in [0.3, 0.4) is 0 Å². The van der Waals surface area contributed by atoms with Gasteiger partial charge in [0.25, 0.3) is 0 Å². The SMILES string of the molecule is C1CCC(P(C2CCCCC2)C2CCCCC2)CC1.C[C]1[CH][CH][C](C(C)C)[CH][CH]1.[CH2][CH2].[Cl][Ru][Cl].[Cl][Ru][Cl]. The van der Waals surface area contributed by atoms with E-state index < -0.39 is 0 Å². The topological polar surface area (TPSA) is 0 Å². The van der Waals surface area contributed by atoms with Crippen LogP contribution in [0.1, 0.15) is 117 Å². The van der Waals surface area contributed by atoms with Gasteiger partial charge in [0.2, 0.25) is 0 Å². The standard InChI is InChI=1S/C18H33P.C10H14.C2H4.4ClH.2Ru/c1-4-10-16(11-5-1)19(17-12-6-2-7-13-17)18-14-8-3-9-15-18;1-8(2)10-6-4-9(3)5-7-10;1-2;;;;;;/h16-18H,1-15H2;4-8H,1-3H3;1-2H2;4*1H;;/q;;;;;;;2*+2/p-4. The van der Waals surface area contributed by atoms with Crippen molar-refractivity contribution in [3.8, 4) is 0 Å². The van der Waals surface area contributed by atoms with E-state index in [9.17, 15) is 0 Å². The maximum atomic E-state index is 4.85. The maximum absolute atomic E-state index is 4.85. The Balaban J connectivity index is 0.000000606. The number of hydrogen-bond acceptors (Lipinski definition) is 0. The Hall–Kier alpha value is 2.84. The van der Waals surface area contributed by atoms with Gasteiger partial charge in [0.1, 0.15) is 0 Å². The molecule has 0 bridgehead atoms. The van der Waals surface area contributed by atoms with Crippen molar-refractivity contribution in [1.82, 2.24) is 0 Å². The molecule has 4 saturated carbocycles. The molecule has 4 fully saturated rings. The first kappa shape index (κ1) is 39.8. The molecule has 4 rings (SSSR count). The summed E-state index contributed by atoms with van der Waals surface area (Å²) in [6.45, 7) is 12.5. The van der Waals surface area contributed by atoms with Gasteiger partial charge in [-0.05, 0) is 98.9 Å². The molecule has 0 spiro atoms. The van der Waals surface area contributed by atoms with Gasteiger partial charge >= 0.3 is 69.1 Å². The zero-order valence-corrected chi connectivity index (χ0v) is 30.7. The van der Waals surface area contributed by atoms with Gasteiger partial charge in [-0.1, -0.05) is 100 Å². The van der Waals surface area contributed by atoms with Gasteiger partial charge < -0.3 is 0 Å². The van der Waals surface area contributed by atoms with Gasteiger partial charge in [-0.15, -0.1) is 0 Å². The van der Waals surface area contributed by atoms with E-state index in [1.54, 1.807) is 77.0 Å². The van der Waals surface area contributed by atoms with Crippen molar-refractivity contribution in [1.29, 1.82) is 0 Å². The first-order chi connectivity index (χ1) is 18.0. The summed E-state index contributed by atoms with van der Waals surface area (Å²) in [6, 6.07) is 0. The van der Waals surface area contributed by atoms with E-state index in [1.165, 1.54) is 48.1 Å². The van der Waals surface area contributed by atoms with Crippen LogP contribution < -0.4 is 0 Å². The third-order valence-corrected chi connectivity index (χ3v) is 11.8. The van der Waals surface area contributed by atoms with Gasteiger partial charge in [-0.25, -0.2) is 0 Å². The Morgan fingerprint density at radius 3 is 1.14 bits per heavy atom. The van der Waals surface area contributed by atoms with Crippen molar-refractivity contribution in [3.05, 3.63) is 51.4 Å². The molecule has 0 aromatic carbocycles. The number of halogens is 4. The van der Waals surface area contributed by atoms with Crippen molar-refractivity contribution in [2.24, 2.45) is 5.92 Å². The van der Waals surface area contributed by atoms with Gasteiger partial charge in [0, 0.05) is 0 Å². The molecule has 0 aliphatic heterocycles. The molecule has 4 aliphatic rings. The number of hydrogen-bond donors (Lipinski definition) is 0. The molecule has 0 unspecified atom stereocenters. The summed E-state index contributed by atoms with van der Waals surface area (Å²) in [5.41, 5.74) is 3.57. The molecule has 7 heteroatoms. The predicted octanol–water partition coefficient (Wildman–Crippen LogP) is 12.5. The third kappa shape index (κ3) is 18.9. The summed E-state index contributed by atoms with van der Waals surface area (Å²) >= 11 is -0.691. The summed E-state index contributed by atoms with van der Waals surface area (Å²) < 4.78 is 0. The molecule has 8 radical (unpaired) electrons. The van der Waals surface area contributed by atoms with E-state index in [0.29, 0.717) is 13.8 Å². The van der Waals surface area contributed by atoms with Gasteiger partial charge in [-0.2, -0.15) is 0 Å². The fraction of sp³-hybridized carbons (Fsp3) is 0.733.